The lowest BCUT2D eigenvalue weighted by Gasteiger charge is -2.18. The van der Waals surface area contributed by atoms with E-state index in [2.05, 4.69) is 15.6 Å². The molecule has 1 aliphatic rings. The van der Waals surface area contributed by atoms with Gasteiger partial charge in [0.15, 0.2) is 0 Å². The molecule has 1 saturated heterocycles. The molecule has 2 heterocycles. The molecule has 6 nitrogen and oxygen atoms in total. The van der Waals surface area contributed by atoms with E-state index >= 15 is 0 Å². The first-order valence-electron chi connectivity index (χ1n) is 5.44. The fourth-order valence-electron chi connectivity index (χ4n) is 1.85. The maximum atomic E-state index is 11.9. The number of aromatic amines is 1. The normalized spacial score (nSPS) is 23.6. The van der Waals surface area contributed by atoms with Crippen molar-refractivity contribution in [1.29, 1.82) is 0 Å². The number of aromatic nitrogens is 1. The summed E-state index contributed by atoms with van der Waals surface area (Å²) >= 11 is 0. The number of methoxy groups -OCH3 is 1. The largest absolute Gasteiger partial charge is 0.378 e. The second-order valence-electron chi connectivity index (χ2n) is 3.95. The smallest absolute Gasteiger partial charge is 0.253 e. The van der Waals surface area contributed by atoms with Crippen LogP contribution in [0.5, 0.6) is 0 Å². The predicted octanol–water partition coefficient (Wildman–Crippen LogP) is -0.908. The van der Waals surface area contributed by atoms with Crippen molar-refractivity contribution in [3.8, 4) is 0 Å². The Morgan fingerprint density at radius 1 is 1.47 bits per heavy atom. The van der Waals surface area contributed by atoms with E-state index in [1.54, 1.807) is 7.11 Å². The first kappa shape index (κ1) is 11.8. The summed E-state index contributed by atoms with van der Waals surface area (Å²) in [4.78, 5) is 25.2. The molecule has 2 rings (SSSR count). The van der Waals surface area contributed by atoms with Crippen LogP contribution in [0, 0.1) is 0 Å². The molecule has 0 radical (unpaired) electrons. The van der Waals surface area contributed by atoms with Crippen LogP contribution in [0.3, 0.4) is 0 Å². The Balaban J connectivity index is 2.01. The second-order valence-corrected chi connectivity index (χ2v) is 3.95. The van der Waals surface area contributed by atoms with Gasteiger partial charge in [0.25, 0.3) is 5.91 Å². The van der Waals surface area contributed by atoms with E-state index in [1.807, 2.05) is 0 Å². The number of nitrogens with one attached hydrogen (secondary N) is 3. The molecule has 0 aliphatic carbocycles. The van der Waals surface area contributed by atoms with Gasteiger partial charge in [-0.25, -0.2) is 0 Å². The molecule has 1 aromatic heterocycles. The number of H-pyrrole nitrogens is 1. The highest BCUT2D eigenvalue weighted by atomic mass is 16.5. The molecule has 1 aromatic rings. The van der Waals surface area contributed by atoms with E-state index in [-0.39, 0.29) is 23.6 Å². The summed E-state index contributed by atoms with van der Waals surface area (Å²) in [6.07, 6.45) is 1.39. The summed E-state index contributed by atoms with van der Waals surface area (Å²) in [7, 11) is 1.62. The molecule has 0 spiro atoms. The third-order valence-corrected chi connectivity index (χ3v) is 2.82. The zero-order valence-corrected chi connectivity index (χ0v) is 9.53. The Morgan fingerprint density at radius 3 is 2.94 bits per heavy atom. The summed E-state index contributed by atoms with van der Waals surface area (Å²) in [5.41, 5.74) is 0.213. The molecule has 6 heteroatoms. The van der Waals surface area contributed by atoms with Gasteiger partial charge in [0, 0.05) is 32.5 Å². The van der Waals surface area contributed by atoms with Crippen molar-refractivity contribution < 1.29 is 9.53 Å². The van der Waals surface area contributed by atoms with Crippen LogP contribution in [0.25, 0.3) is 0 Å². The van der Waals surface area contributed by atoms with Crippen LogP contribution in [-0.2, 0) is 4.74 Å². The summed E-state index contributed by atoms with van der Waals surface area (Å²) in [5, 5.41) is 6.01. The Kier molecular flexibility index (Phi) is 3.55. The third kappa shape index (κ3) is 2.72. The van der Waals surface area contributed by atoms with Crippen LogP contribution in [0.15, 0.2) is 23.1 Å². The third-order valence-electron chi connectivity index (χ3n) is 2.82. The zero-order valence-electron chi connectivity index (χ0n) is 9.53. The van der Waals surface area contributed by atoms with Crippen LogP contribution >= 0.6 is 0 Å². The highest BCUT2D eigenvalue weighted by molar-refractivity contribution is 5.94. The maximum Gasteiger partial charge on any atom is 0.253 e. The van der Waals surface area contributed by atoms with E-state index in [4.69, 9.17) is 4.74 Å². The number of ether oxygens (including phenoxy) is 1. The van der Waals surface area contributed by atoms with Gasteiger partial charge in [-0.3, -0.25) is 9.59 Å². The maximum absolute atomic E-state index is 11.9. The number of rotatable bonds is 3. The lowest BCUT2D eigenvalue weighted by atomic mass is 10.2. The molecule has 92 valence electrons. The quantitative estimate of drug-likeness (QED) is 0.635. The highest BCUT2D eigenvalue weighted by Crippen LogP contribution is 2.05. The average molecular weight is 237 g/mol. The molecular formula is C11H15N3O3. The molecule has 0 bridgehead atoms. The van der Waals surface area contributed by atoms with E-state index in [0.717, 1.165) is 6.54 Å². The van der Waals surface area contributed by atoms with Crippen LogP contribution in [0.1, 0.15) is 10.4 Å². The van der Waals surface area contributed by atoms with Gasteiger partial charge < -0.3 is 20.4 Å². The van der Waals surface area contributed by atoms with Crippen molar-refractivity contribution in [3.63, 3.8) is 0 Å². The van der Waals surface area contributed by atoms with Crippen molar-refractivity contribution >= 4 is 5.91 Å². The Labute approximate surface area is 98.4 Å². The van der Waals surface area contributed by atoms with Gasteiger partial charge in [-0.1, -0.05) is 0 Å². The van der Waals surface area contributed by atoms with E-state index in [9.17, 15) is 9.59 Å². The van der Waals surface area contributed by atoms with Gasteiger partial charge in [-0.05, 0) is 6.07 Å². The Bertz CT molecular complexity index is 437. The summed E-state index contributed by atoms with van der Waals surface area (Å²) in [6, 6.07) is 2.79. The number of amides is 1. The van der Waals surface area contributed by atoms with E-state index < -0.39 is 0 Å². The first-order valence-corrected chi connectivity index (χ1v) is 5.44. The number of pyridine rings is 1. The minimum atomic E-state index is -0.223. The molecule has 1 fully saturated rings. The van der Waals surface area contributed by atoms with Crippen LogP contribution < -0.4 is 16.2 Å². The first-order chi connectivity index (χ1) is 8.20. The molecular weight excluding hydrogens is 222 g/mol. The molecule has 3 N–H and O–H groups in total. The van der Waals surface area contributed by atoms with Gasteiger partial charge >= 0.3 is 0 Å². The van der Waals surface area contributed by atoms with Gasteiger partial charge in [-0.15, -0.1) is 0 Å². The molecule has 1 amide bonds. The highest BCUT2D eigenvalue weighted by Gasteiger charge is 2.28. The van der Waals surface area contributed by atoms with Gasteiger partial charge in [0.05, 0.1) is 17.7 Å². The van der Waals surface area contributed by atoms with Gasteiger partial charge in [0.1, 0.15) is 0 Å². The predicted molar refractivity (Wildman–Crippen MR) is 62.0 cm³/mol. The number of hydrogen-bond acceptors (Lipinski definition) is 4. The molecule has 2 atom stereocenters. The summed E-state index contributed by atoms with van der Waals surface area (Å²) in [5.74, 6) is -0.211. The molecule has 1 unspecified atom stereocenters. The zero-order chi connectivity index (χ0) is 12.3. The lowest BCUT2D eigenvalue weighted by Crippen LogP contribution is -2.43. The standard InChI is InChI=1S/C11H15N3O3/c1-17-9-6-12-5-8(9)14-11(16)7-2-3-10(15)13-4-7/h2-4,8-9,12H,5-6H2,1H3,(H,13,15)(H,14,16)/t8?,9-/m0/s1. The Hall–Kier alpha value is -1.66. The number of carbonyl (C=O) groups excluding carboxylic acids is 1. The SMILES string of the molecule is CO[C@H]1CNCC1NC(=O)c1ccc(=O)[nH]c1. The molecule has 17 heavy (non-hydrogen) atoms. The second kappa shape index (κ2) is 5.11. The minimum Gasteiger partial charge on any atom is -0.378 e. The van der Waals surface area contributed by atoms with Gasteiger partial charge in [-0.2, -0.15) is 0 Å². The fourth-order valence-corrected chi connectivity index (χ4v) is 1.85. The molecule has 0 aromatic carbocycles. The monoisotopic (exact) mass is 237 g/mol. The van der Waals surface area contributed by atoms with Gasteiger partial charge in [0.2, 0.25) is 5.56 Å². The molecule has 1 aliphatic heterocycles. The van der Waals surface area contributed by atoms with Crippen molar-refractivity contribution in [2.75, 3.05) is 20.2 Å². The van der Waals surface area contributed by atoms with Crippen molar-refractivity contribution in [3.05, 3.63) is 34.2 Å². The van der Waals surface area contributed by atoms with Crippen molar-refractivity contribution in [1.82, 2.24) is 15.6 Å². The van der Waals surface area contributed by atoms with Crippen LogP contribution in [-0.4, -0.2) is 43.2 Å². The molecule has 0 saturated carbocycles. The van der Waals surface area contributed by atoms with Crippen molar-refractivity contribution in [2.45, 2.75) is 12.1 Å². The Morgan fingerprint density at radius 2 is 2.29 bits per heavy atom. The van der Waals surface area contributed by atoms with E-state index in [0.29, 0.717) is 12.1 Å². The van der Waals surface area contributed by atoms with E-state index in [1.165, 1.54) is 18.3 Å². The number of hydrogen-bond donors (Lipinski definition) is 3. The minimum absolute atomic E-state index is 0.0123. The van der Waals surface area contributed by atoms with Crippen LogP contribution in [0.2, 0.25) is 0 Å². The van der Waals surface area contributed by atoms with Crippen LogP contribution in [0.4, 0.5) is 0 Å². The topological polar surface area (TPSA) is 83.2 Å². The fraction of sp³-hybridized carbons (Fsp3) is 0.455. The summed E-state index contributed by atoms with van der Waals surface area (Å²) < 4.78 is 5.24. The lowest BCUT2D eigenvalue weighted by molar-refractivity contribution is 0.0779. The van der Waals surface area contributed by atoms with Crippen molar-refractivity contribution in [2.24, 2.45) is 0 Å². The number of carbonyl (C=O) groups is 1. The average Bonchev–Trinajstić information content (AvgIpc) is 2.77. The summed E-state index contributed by atoms with van der Waals surface area (Å²) in [6.45, 7) is 1.42.